The first-order valence-electron chi connectivity index (χ1n) is 4.96. The van der Waals surface area contributed by atoms with Gasteiger partial charge in [0.05, 0.1) is 9.79 Å². The number of anilines is 2. The Balaban J connectivity index is 0.00000162. The molecule has 0 aliphatic carbocycles. The van der Waals surface area contributed by atoms with E-state index in [9.17, 15) is 8.42 Å². The van der Waals surface area contributed by atoms with E-state index in [1.807, 2.05) is 0 Å². The minimum atomic E-state index is -3.48. The second-order valence-corrected chi connectivity index (χ2v) is 5.59. The molecule has 0 bridgehead atoms. The highest BCUT2D eigenvalue weighted by Crippen LogP contribution is 2.22. The summed E-state index contributed by atoms with van der Waals surface area (Å²) in [5.41, 5.74) is 12.1. The predicted octanol–water partition coefficient (Wildman–Crippen LogP) is 1.77. The summed E-state index contributed by atoms with van der Waals surface area (Å²) in [6, 6.07) is 12.2. The van der Waals surface area contributed by atoms with Gasteiger partial charge in [-0.2, -0.15) is 0 Å². The van der Waals surface area contributed by atoms with Gasteiger partial charge in [-0.05, 0) is 48.5 Å². The fourth-order valence-corrected chi connectivity index (χ4v) is 2.69. The van der Waals surface area contributed by atoms with E-state index in [0.29, 0.717) is 11.4 Å². The summed E-state index contributed by atoms with van der Waals surface area (Å²) in [6.45, 7) is 0. The fourth-order valence-electron chi connectivity index (χ4n) is 1.43. The number of benzene rings is 2. The third kappa shape index (κ3) is 2.62. The van der Waals surface area contributed by atoms with Crippen molar-refractivity contribution in [3.05, 3.63) is 56.0 Å². The number of hydrogen-bond acceptors (Lipinski definition) is 4. The first-order valence-corrected chi connectivity index (χ1v) is 6.44. The first kappa shape index (κ1) is 14.1. The molecule has 4 nitrogen and oxygen atoms in total. The van der Waals surface area contributed by atoms with Gasteiger partial charge in [0, 0.05) is 18.8 Å². The van der Waals surface area contributed by atoms with E-state index in [0.717, 1.165) is 0 Å². The van der Waals surface area contributed by atoms with Gasteiger partial charge in [-0.25, -0.2) is 8.42 Å². The highest BCUT2D eigenvalue weighted by atomic mass is 32.2. The van der Waals surface area contributed by atoms with Crippen LogP contribution in [0.1, 0.15) is 0 Å². The van der Waals surface area contributed by atoms with Crippen LogP contribution in [-0.2, 0) is 9.84 Å². The van der Waals surface area contributed by atoms with E-state index >= 15 is 0 Å². The summed E-state index contributed by atoms with van der Waals surface area (Å²) in [5.74, 6) is 0. The summed E-state index contributed by atoms with van der Waals surface area (Å²) in [4.78, 5) is 0.438. The molecule has 2 rings (SSSR count). The van der Waals surface area contributed by atoms with Crippen molar-refractivity contribution in [2.45, 2.75) is 9.79 Å². The lowest BCUT2D eigenvalue weighted by Gasteiger charge is -2.05. The quantitative estimate of drug-likeness (QED) is 0.806. The molecule has 92 valence electrons. The van der Waals surface area contributed by atoms with Crippen molar-refractivity contribution in [3.8, 4) is 0 Å². The molecule has 0 fully saturated rings. The van der Waals surface area contributed by atoms with Crippen LogP contribution in [0, 0.1) is 7.43 Å². The molecule has 0 amide bonds. The fraction of sp³-hybridized carbons (Fsp3) is 0. The molecule has 4 N–H and O–H groups in total. The Morgan fingerprint density at radius 3 is 1.22 bits per heavy atom. The van der Waals surface area contributed by atoms with Crippen LogP contribution in [0.2, 0.25) is 0 Å². The van der Waals surface area contributed by atoms with Crippen LogP contribution in [0.5, 0.6) is 0 Å². The average Bonchev–Trinajstić information content (AvgIpc) is 2.30. The van der Waals surface area contributed by atoms with Gasteiger partial charge in [0.2, 0.25) is 9.84 Å². The van der Waals surface area contributed by atoms with Gasteiger partial charge < -0.3 is 11.5 Å². The van der Waals surface area contributed by atoms with Crippen molar-refractivity contribution in [1.29, 1.82) is 0 Å². The Kier molecular flexibility index (Phi) is 3.98. The van der Waals surface area contributed by atoms with Crippen molar-refractivity contribution < 1.29 is 8.42 Å². The molecular formula is C13H12N2O2S. The number of nitrogens with two attached hydrogens (primary N) is 2. The summed E-state index contributed by atoms with van der Waals surface area (Å²) < 4.78 is 24.3. The molecule has 18 heavy (non-hydrogen) atoms. The predicted molar refractivity (Wildman–Crippen MR) is 70.4 cm³/mol. The Hall–Kier alpha value is -2.01. The highest BCUT2D eigenvalue weighted by molar-refractivity contribution is 7.91. The monoisotopic (exact) mass is 260 g/mol. The molecule has 0 aromatic heterocycles. The average molecular weight is 260 g/mol. The maximum absolute atomic E-state index is 12.2. The van der Waals surface area contributed by atoms with Gasteiger partial charge >= 0.3 is 0 Å². The van der Waals surface area contributed by atoms with Gasteiger partial charge in [0.1, 0.15) is 0 Å². The molecule has 0 heterocycles. The minimum absolute atomic E-state index is 0. The van der Waals surface area contributed by atoms with Crippen molar-refractivity contribution in [2.75, 3.05) is 11.5 Å². The number of nitrogen functional groups attached to an aromatic ring is 2. The van der Waals surface area contributed by atoms with Crippen LogP contribution in [0.3, 0.4) is 0 Å². The van der Waals surface area contributed by atoms with Crippen molar-refractivity contribution >= 4 is 21.2 Å². The largest absolute Gasteiger partial charge is 0.399 e. The number of rotatable bonds is 2. The maximum Gasteiger partial charge on any atom is 0.206 e. The first-order chi connectivity index (χ1) is 8.00. The molecular weight excluding hydrogens is 248 g/mol. The van der Waals surface area contributed by atoms with Crippen LogP contribution in [-0.4, -0.2) is 8.42 Å². The van der Waals surface area contributed by atoms with Crippen LogP contribution in [0.15, 0.2) is 58.3 Å². The van der Waals surface area contributed by atoms with E-state index in [1.54, 1.807) is 24.3 Å². The molecule has 0 unspecified atom stereocenters. The van der Waals surface area contributed by atoms with Crippen molar-refractivity contribution in [3.63, 3.8) is 0 Å². The van der Waals surface area contributed by atoms with Gasteiger partial charge in [0.25, 0.3) is 0 Å². The molecule has 4 radical (unpaired) electrons. The van der Waals surface area contributed by atoms with Crippen LogP contribution < -0.4 is 11.5 Å². The summed E-state index contributed by atoms with van der Waals surface area (Å²) >= 11 is 0. The van der Waals surface area contributed by atoms with Crippen LogP contribution >= 0.6 is 0 Å². The number of hydrogen-bond donors (Lipinski definition) is 2. The molecule has 0 atom stereocenters. The normalized spacial score (nSPS) is 10.7. The molecule has 5 heteroatoms. The topological polar surface area (TPSA) is 86.2 Å². The van der Waals surface area contributed by atoms with Crippen molar-refractivity contribution in [2.24, 2.45) is 0 Å². The zero-order valence-electron chi connectivity index (χ0n) is 9.50. The van der Waals surface area contributed by atoms with E-state index in [1.165, 1.54) is 24.3 Å². The lowest BCUT2D eigenvalue weighted by Crippen LogP contribution is -2.02. The third-order valence-corrected chi connectivity index (χ3v) is 4.17. The summed E-state index contributed by atoms with van der Waals surface area (Å²) in [6.07, 6.45) is 0. The SMILES string of the molecule is Nc1ccc(S(=O)(=O)c2ccc(N)cc2)cc1.[C]. The zero-order chi connectivity index (χ0) is 12.5. The molecule has 2 aromatic rings. The standard InChI is InChI=1S/C12H12N2O2S.C/c13-9-1-5-11(6-2-9)17(15,16)12-7-3-10(14)4-8-12;/h1-8H,13-14H2;. The molecule has 0 aliphatic rings. The molecule has 0 spiro atoms. The van der Waals surface area contributed by atoms with E-state index < -0.39 is 9.84 Å². The minimum Gasteiger partial charge on any atom is -0.399 e. The van der Waals surface area contributed by atoms with Gasteiger partial charge in [-0.1, -0.05) is 0 Å². The Labute approximate surface area is 107 Å². The van der Waals surface area contributed by atoms with E-state index in [4.69, 9.17) is 11.5 Å². The van der Waals surface area contributed by atoms with Gasteiger partial charge in [-0.15, -0.1) is 0 Å². The van der Waals surface area contributed by atoms with Crippen LogP contribution in [0.4, 0.5) is 11.4 Å². The van der Waals surface area contributed by atoms with Crippen LogP contribution in [0.25, 0.3) is 0 Å². The Bertz CT molecular complexity index is 566. The third-order valence-electron chi connectivity index (χ3n) is 2.38. The summed E-state index contributed by atoms with van der Waals surface area (Å²) in [5, 5.41) is 0. The Morgan fingerprint density at radius 2 is 0.944 bits per heavy atom. The maximum atomic E-state index is 12.2. The van der Waals surface area contributed by atoms with E-state index in [2.05, 4.69) is 0 Å². The van der Waals surface area contributed by atoms with E-state index in [-0.39, 0.29) is 17.2 Å². The molecule has 2 aromatic carbocycles. The number of sulfone groups is 1. The van der Waals surface area contributed by atoms with Gasteiger partial charge in [-0.3, -0.25) is 0 Å². The Morgan fingerprint density at radius 1 is 0.667 bits per heavy atom. The highest BCUT2D eigenvalue weighted by Gasteiger charge is 2.16. The van der Waals surface area contributed by atoms with Gasteiger partial charge in [0.15, 0.2) is 0 Å². The lowest BCUT2D eigenvalue weighted by atomic mass is 10.3. The summed E-state index contributed by atoms with van der Waals surface area (Å²) in [7, 11) is -3.48. The zero-order valence-corrected chi connectivity index (χ0v) is 10.3. The van der Waals surface area contributed by atoms with Crippen molar-refractivity contribution in [1.82, 2.24) is 0 Å². The lowest BCUT2D eigenvalue weighted by molar-refractivity contribution is 0.596. The molecule has 0 saturated heterocycles. The second-order valence-electron chi connectivity index (χ2n) is 3.64. The second kappa shape index (κ2) is 5.10. The molecule has 0 saturated carbocycles. The smallest absolute Gasteiger partial charge is 0.206 e. The molecule has 0 aliphatic heterocycles.